The van der Waals surface area contributed by atoms with Gasteiger partial charge in [0.05, 0.1) is 11.0 Å². The number of hydrogen-bond donors (Lipinski definition) is 1. The number of benzene rings is 2. The molecule has 0 fully saturated rings. The van der Waals surface area contributed by atoms with Crippen molar-refractivity contribution in [2.45, 2.75) is 19.9 Å². The van der Waals surface area contributed by atoms with Crippen molar-refractivity contribution in [3.63, 3.8) is 0 Å². The molecule has 2 heterocycles. The van der Waals surface area contributed by atoms with Gasteiger partial charge in [-0.15, -0.1) is 10.2 Å². The molecule has 0 saturated carbocycles. The van der Waals surface area contributed by atoms with Crippen LogP contribution in [0.25, 0.3) is 16.7 Å². The van der Waals surface area contributed by atoms with Gasteiger partial charge in [-0.05, 0) is 36.4 Å². The van der Waals surface area contributed by atoms with Crippen molar-refractivity contribution in [2.75, 3.05) is 5.32 Å². The lowest BCUT2D eigenvalue weighted by molar-refractivity contribution is -0.116. The zero-order valence-corrected chi connectivity index (χ0v) is 15.3. The lowest BCUT2D eigenvalue weighted by Gasteiger charge is -2.12. The number of aryl methyl sites for hydroxylation is 1. The lowest BCUT2D eigenvalue weighted by atomic mass is 10.2. The largest absolute Gasteiger partial charge is 0.325 e. The Kier molecular flexibility index (Phi) is 4.37. The first-order valence-corrected chi connectivity index (χ1v) is 8.87. The van der Waals surface area contributed by atoms with Gasteiger partial charge in [-0.2, -0.15) is 0 Å². The van der Waals surface area contributed by atoms with Crippen LogP contribution in [0.2, 0.25) is 5.02 Å². The predicted molar refractivity (Wildman–Crippen MR) is 104 cm³/mol. The topological polar surface area (TPSA) is 81.3 Å². The van der Waals surface area contributed by atoms with E-state index in [1.807, 2.05) is 31.2 Å². The number of rotatable bonds is 4. The smallest absolute Gasteiger partial charge is 0.297 e. The molecule has 2 aromatic heterocycles. The highest BCUT2D eigenvalue weighted by Gasteiger charge is 2.17. The second-order valence-electron chi connectivity index (χ2n) is 6.06. The number of para-hydroxylation sites is 2. The van der Waals surface area contributed by atoms with E-state index in [9.17, 15) is 9.59 Å². The maximum atomic E-state index is 12.9. The molecule has 0 aliphatic heterocycles. The summed E-state index contributed by atoms with van der Waals surface area (Å²) in [5.74, 6) is 0.389. The molecular formula is C19H16ClN5O2. The van der Waals surface area contributed by atoms with Crippen LogP contribution in [0, 0.1) is 0 Å². The van der Waals surface area contributed by atoms with Gasteiger partial charge in [0.2, 0.25) is 11.6 Å². The first kappa shape index (κ1) is 17.2. The molecule has 1 N–H and O–H groups in total. The third-order valence-electron chi connectivity index (χ3n) is 4.33. The first-order chi connectivity index (χ1) is 13.1. The van der Waals surface area contributed by atoms with Crippen LogP contribution in [0.3, 0.4) is 0 Å². The van der Waals surface area contributed by atoms with Crippen molar-refractivity contribution in [3.8, 4) is 0 Å². The summed E-state index contributed by atoms with van der Waals surface area (Å²) in [4.78, 5) is 25.5. The minimum atomic E-state index is -0.354. The molecule has 4 aromatic rings. The molecule has 0 aliphatic carbocycles. The third kappa shape index (κ3) is 3.06. The quantitative estimate of drug-likeness (QED) is 0.589. The molecule has 1 amide bonds. The van der Waals surface area contributed by atoms with Crippen LogP contribution in [0.5, 0.6) is 0 Å². The van der Waals surface area contributed by atoms with Crippen LogP contribution < -0.4 is 10.9 Å². The third-order valence-corrected chi connectivity index (χ3v) is 4.58. The van der Waals surface area contributed by atoms with Crippen molar-refractivity contribution in [1.29, 1.82) is 0 Å². The van der Waals surface area contributed by atoms with Crippen LogP contribution >= 0.6 is 11.6 Å². The second kappa shape index (κ2) is 6.85. The van der Waals surface area contributed by atoms with Gasteiger partial charge < -0.3 is 5.32 Å². The summed E-state index contributed by atoms with van der Waals surface area (Å²) in [5.41, 5.74) is 1.90. The Morgan fingerprint density at radius 3 is 2.48 bits per heavy atom. The van der Waals surface area contributed by atoms with E-state index in [1.165, 1.54) is 4.57 Å². The number of fused-ring (bicyclic) bond motifs is 3. The molecule has 7 nitrogen and oxygen atoms in total. The van der Waals surface area contributed by atoms with Crippen LogP contribution in [-0.4, -0.2) is 25.1 Å². The van der Waals surface area contributed by atoms with Gasteiger partial charge in [-0.1, -0.05) is 30.7 Å². The predicted octanol–water partition coefficient (Wildman–Crippen LogP) is 2.90. The molecule has 27 heavy (non-hydrogen) atoms. The summed E-state index contributed by atoms with van der Waals surface area (Å²) < 4.78 is 3.18. The van der Waals surface area contributed by atoms with Crippen LogP contribution in [0.15, 0.2) is 53.3 Å². The maximum absolute atomic E-state index is 12.9. The normalized spacial score (nSPS) is 11.2. The number of amides is 1. The Balaban J connectivity index is 1.79. The molecule has 136 valence electrons. The van der Waals surface area contributed by atoms with E-state index in [0.717, 1.165) is 5.52 Å². The van der Waals surface area contributed by atoms with E-state index in [0.29, 0.717) is 28.5 Å². The van der Waals surface area contributed by atoms with Crippen molar-refractivity contribution >= 4 is 39.9 Å². The van der Waals surface area contributed by atoms with Gasteiger partial charge in [-0.25, -0.2) is 0 Å². The Labute approximate surface area is 159 Å². The van der Waals surface area contributed by atoms with Gasteiger partial charge in [0, 0.05) is 17.1 Å². The van der Waals surface area contributed by atoms with Crippen molar-refractivity contribution in [1.82, 2.24) is 19.2 Å². The maximum Gasteiger partial charge on any atom is 0.297 e. The Morgan fingerprint density at radius 1 is 1.07 bits per heavy atom. The number of carbonyl (C=O) groups is 1. The summed E-state index contributed by atoms with van der Waals surface area (Å²) in [6, 6.07) is 14.2. The monoisotopic (exact) mass is 381 g/mol. The fraction of sp³-hybridized carbons (Fsp3) is 0.158. The minimum absolute atomic E-state index is 0.132. The molecule has 0 atom stereocenters. The average molecular weight is 382 g/mol. The van der Waals surface area contributed by atoms with E-state index in [2.05, 4.69) is 15.5 Å². The fourth-order valence-electron chi connectivity index (χ4n) is 3.08. The number of carbonyl (C=O) groups excluding carboxylic acids is 1. The lowest BCUT2D eigenvalue weighted by Crippen LogP contribution is -2.29. The van der Waals surface area contributed by atoms with E-state index < -0.39 is 0 Å². The van der Waals surface area contributed by atoms with Gasteiger partial charge >= 0.3 is 0 Å². The molecular weight excluding hydrogens is 366 g/mol. The summed E-state index contributed by atoms with van der Waals surface area (Å²) in [5, 5.41) is 11.5. The zero-order chi connectivity index (χ0) is 19.0. The van der Waals surface area contributed by atoms with E-state index >= 15 is 0 Å². The summed E-state index contributed by atoms with van der Waals surface area (Å²) in [7, 11) is 0. The highest BCUT2D eigenvalue weighted by Crippen LogP contribution is 2.17. The number of nitrogens with one attached hydrogen (secondary N) is 1. The summed E-state index contributed by atoms with van der Waals surface area (Å²) in [6.07, 6.45) is 0.645. The fourth-order valence-corrected chi connectivity index (χ4v) is 3.21. The van der Waals surface area contributed by atoms with Gasteiger partial charge in [0.15, 0.2) is 0 Å². The number of hydrogen-bond acceptors (Lipinski definition) is 4. The zero-order valence-electron chi connectivity index (χ0n) is 14.5. The summed E-state index contributed by atoms with van der Waals surface area (Å²) >= 11 is 5.86. The van der Waals surface area contributed by atoms with Crippen LogP contribution in [-0.2, 0) is 17.8 Å². The standard InChI is InChI=1S/C19H16ClN5O2/c1-2-16-22-23-18-19(27)24(14-5-3-4-6-15(14)25(16)18)11-17(26)21-13-9-7-12(20)8-10-13/h3-10H,2,11H2,1H3,(H,21,26). The molecule has 0 radical (unpaired) electrons. The van der Waals surface area contributed by atoms with E-state index in [-0.39, 0.29) is 23.7 Å². The molecule has 0 aliphatic rings. The van der Waals surface area contributed by atoms with Gasteiger partial charge in [-0.3, -0.25) is 18.6 Å². The molecule has 2 aromatic carbocycles. The van der Waals surface area contributed by atoms with Gasteiger partial charge in [0.25, 0.3) is 5.56 Å². The van der Waals surface area contributed by atoms with Crippen molar-refractivity contribution < 1.29 is 4.79 Å². The highest BCUT2D eigenvalue weighted by atomic mass is 35.5. The Hall–Kier alpha value is -3.19. The molecule has 0 spiro atoms. The molecule has 8 heteroatoms. The van der Waals surface area contributed by atoms with Crippen molar-refractivity contribution in [2.24, 2.45) is 0 Å². The first-order valence-electron chi connectivity index (χ1n) is 8.49. The second-order valence-corrected chi connectivity index (χ2v) is 6.50. The average Bonchev–Trinajstić information content (AvgIpc) is 3.11. The van der Waals surface area contributed by atoms with E-state index in [1.54, 1.807) is 28.7 Å². The van der Waals surface area contributed by atoms with E-state index in [4.69, 9.17) is 11.6 Å². The summed E-state index contributed by atoms with van der Waals surface area (Å²) in [6.45, 7) is 1.82. The molecule has 4 rings (SSSR count). The molecule has 0 saturated heterocycles. The van der Waals surface area contributed by atoms with Crippen LogP contribution in [0.4, 0.5) is 5.69 Å². The number of nitrogens with zero attached hydrogens (tertiary/aromatic N) is 4. The number of aromatic nitrogens is 4. The number of anilines is 1. The van der Waals surface area contributed by atoms with Gasteiger partial charge in [0.1, 0.15) is 12.4 Å². The number of halogens is 1. The highest BCUT2D eigenvalue weighted by molar-refractivity contribution is 6.30. The Morgan fingerprint density at radius 2 is 1.78 bits per heavy atom. The molecule has 0 unspecified atom stereocenters. The van der Waals surface area contributed by atoms with Crippen molar-refractivity contribution in [3.05, 3.63) is 69.7 Å². The minimum Gasteiger partial charge on any atom is -0.325 e. The molecule has 0 bridgehead atoms. The SMILES string of the molecule is CCc1nnc2c(=O)n(CC(=O)Nc3ccc(Cl)cc3)c3ccccc3n12. The Bertz CT molecular complexity index is 1210. The van der Waals surface area contributed by atoms with Crippen LogP contribution in [0.1, 0.15) is 12.7 Å².